The van der Waals surface area contributed by atoms with Crippen molar-refractivity contribution in [2.45, 2.75) is 45.6 Å². The summed E-state index contributed by atoms with van der Waals surface area (Å²) in [6, 6.07) is 14.2. The average Bonchev–Trinajstić information content (AvgIpc) is 3.38. The predicted octanol–water partition coefficient (Wildman–Crippen LogP) is 6.16. The number of aromatic hydroxyl groups is 1. The van der Waals surface area contributed by atoms with Gasteiger partial charge in [-0.3, -0.25) is 14.5 Å². The summed E-state index contributed by atoms with van der Waals surface area (Å²) in [5.41, 5.74) is 5.22. The van der Waals surface area contributed by atoms with E-state index >= 15 is 0 Å². The van der Waals surface area contributed by atoms with E-state index < -0.39 is 0 Å². The van der Waals surface area contributed by atoms with E-state index in [1.807, 2.05) is 42.5 Å². The molecule has 2 aromatic rings. The van der Waals surface area contributed by atoms with Crippen molar-refractivity contribution in [1.29, 1.82) is 0 Å². The van der Waals surface area contributed by atoms with Crippen LogP contribution in [0.1, 0.15) is 45.1 Å². The minimum absolute atomic E-state index is 0.0327. The van der Waals surface area contributed by atoms with Gasteiger partial charge in [-0.2, -0.15) is 0 Å². The average molecular weight is 492 g/mol. The molecule has 0 radical (unpaired) electrons. The Morgan fingerprint density at radius 3 is 2.63 bits per heavy atom. The molecule has 0 saturated carbocycles. The third-order valence-electron chi connectivity index (χ3n) is 7.64. The third kappa shape index (κ3) is 4.32. The van der Waals surface area contributed by atoms with Crippen LogP contribution < -0.4 is 4.90 Å². The molecule has 0 bridgehead atoms. The van der Waals surface area contributed by atoms with Gasteiger partial charge in [0.15, 0.2) is 0 Å². The van der Waals surface area contributed by atoms with Crippen LogP contribution in [0, 0.1) is 17.8 Å². The number of ether oxygens (including phenoxy) is 1. The van der Waals surface area contributed by atoms with Crippen molar-refractivity contribution in [3.05, 3.63) is 75.8 Å². The first-order chi connectivity index (χ1) is 16.9. The van der Waals surface area contributed by atoms with Gasteiger partial charge >= 0.3 is 0 Å². The van der Waals surface area contributed by atoms with Crippen molar-refractivity contribution in [3.8, 4) is 5.75 Å². The molecule has 6 heteroatoms. The number of halogens is 1. The molecule has 182 valence electrons. The molecule has 2 aliphatic heterocycles. The van der Waals surface area contributed by atoms with Crippen LogP contribution in [0.15, 0.2) is 65.3 Å². The van der Waals surface area contributed by atoms with E-state index in [4.69, 9.17) is 16.3 Å². The van der Waals surface area contributed by atoms with Crippen molar-refractivity contribution < 1.29 is 19.4 Å². The Kier molecular flexibility index (Phi) is 6.56. The number of fused-ring (bicyclic) bond motifs is 3. The maximum atomic E-state index is 13.5. The van der Waals surface area contributed by atoms with Crippen molar-refractivity contribution in [2.75, 3.05) is 11.5 Å². The lowest BCUT2D eigenvalue weighted by molar-refractivity contribution is -0.122. The lowest BCUT2D eigenvalue weighted by atomic mass is 9.69. The van der Waals surface area contributed by atoms with E-state index in [2.05, 4.69) is 13.8 Å². The molecule has 0 aromatic heterocycles. The molecule has 1 aliphatic carbocycles. The van der Waals surface area contributed by atoms with Crippen LogP contribution in [-0.4, -0.2) is 29.6 Å². The summed E-state index contributed by atoms with van der Waals surface area (Å²) in [7, 11) is 0. The fourth-order valence-corrected chi connectivity index (χ4v) is 6.20. The Morgan fingerprint density at radius 2 is 1.91 bits per heavy atom. The number of carbonyl (C=O) groups excluding carboxylic acids is 2. The van der Waals surface area contributed by atoms with Crippen LogP contribution in [0.4, 0.5) is 5.69 Å². The van der Waals surface area contributed by atoms with E-state index in [9.17, 15) is 14.7 Å². The van der Waals surface area contributed by atoms with Crippen molar-refractivity contribution in [2.24, 2.45) is 17.8 Å². The zero-order valence-electron chi connectivity index (χ0n) is 20.0. The second-order valence-electron chi connectivity index (χ2n) is 9.76. The second kappa shape index (κ2) is 9.63. The Morgan fingerprint density at radius 1 is 1.14 bits per heavy atom. The molecule has 2 aromatic carbocycles. The highest BCUT2D eigenvalue weighted by molar-refractivity contribution is 6.32. The number of nitrogens with zero attached hydrogens (tertiary/aromatic N) is 1. The standard InChI is InChI=1S/C29H30ClNO4/c1-3-18-14-22-27(29(34)31(28(22)33)20-7-5-4-6-8-20)23-16-35-25(26(18)23)12-9-17(2)13-19-10-11-21(32)15-24(19)30/h4-8,10-11,13,15,22-23,25,27,32H,3,9,12,14,16H2,1-2H3/b17-13+/t22-,23+,25-,27-/m1/s1. The van der Waals surface area contributed by atoms with Gasteiger partial charge in [0.1, 0.15) is 5.75 Å². The molecule has 2 heterocycles. The molecule has 35 heavy (non-hydrogen) atoms. The van der Waals surface area contributed by atoms with Gasteiger partial charge in [0.25, 0.3) is 0 Å². The first-order valence-electron chi connectivity index (χ1n) is 12.3. The van der Waals surface area contributed by atoms with Crippen LogP contribution in [-0.2, 0) is 14.3 Å². The Balaban J connectivity index is 1.35. The summed E-state index contributed by atoms with van der Waals surface area (Å²) in [5.74, 6) is -0.696. The minimum atomic E-state index is -0.342. The largest absolute Gasteiger partial charge is 0.508 e. The van der Waals surface area contributed by atoms with E-state index in [1.54, 1.807) is 12.1 Å². The van der Waals surface area contributed by atoms with Gasteiger partial charge in [0.05, 0.1) is 35.3 Å². The molecule has 5 rings (SSSR count). The number of anilines is 1. The SMILES string of the molecule is CCC1=C2[C@@H](CC/C(C)=C/c3ccc(O)cc3Cl)OC[C@@H]2[C@@H]2C(=O)N(c3ccccc3)C(=O)[C@@H]2C1. The van der Waals surface area contributed by atoms with Gasteiger partial charge in [-0.15, -0.1) is 0 Å². The molecule has 3 aliphatic rings. The first-order valence-corrected chi connectivity index (χ1v) is 12.7. The van der Waals surface area contributed by atoms with Gasteiger partial charge in [-0.05, 0) is 74.1 Å². The smallest absolute Gasteiger partial charge is 0.238 e. The highest BCUT2D eigenvalue weighted by Gasteiger charge is 2.57. The van der Waals surface area contributed by atoms with Crippen LogP contribution in [0.2, 0.25) is 5.02 Å². The quantitative estimate of drug-likeness (QED) is 0.388. The van der Waals surface area contributed by atoms with Crippen LogP contribution >= 0.6 is 11.6 Å². The number of para-hydroxylation sites is 1. The van der Waals surface area contributed by atoms with E-state index in [0.29, 0.717) is 23.7 Å². The topological polar surface area (TPSA) is 66.8 Å². The summed E-state index contributed by atoms with van der Waals surface area (Å²) in [6.45, 7) is 4.68. The molecule has 1 N–H and O–H groups in total. The number of amides is 2. The molecule has 0 unspecified atom stereocenters. The zero-order chi connectivity index (χ0) is 24.7. The highest BCUT2D eigenvalue weighted by Crippen LogP contribution is 2.51. The van der Waals surface area contributed by atoms with E-state index in [0.717, 1.165) is 24.8 Å². The highest BCUT2D eigenvalue weighted by atomic mass is 35.5. The van der Waals surface area contributed by atoms with Gasteiger partial charge in [0, 0.05) is 5.92 Å². The Hall–Kier alpha value is -2.89. The number of imide groups is 1. The molecule has 4 atom stereocenters. The molecule has 2 amide bonds. The fraction of sp³-hybridized carbons (Fsp3) is 0.379. The Labute approximate surface area is 211 Å². The molecular formula is C29H30ClNO4. The molecule has 2 saturated heterocycles. The third-order valence-corrected chi connectivity index (χ3v) is 7.96. The fourth-order valence-electron chi connectivity index (χ4n) is 5.97. The lowest BCUT2D eigenvalue weighted by Gasteiger charge is -2.31. The molecule has 0 spiro atoms. The van der Waals surface area contributed by atoms with Crippen LogP contribution in [0.5, 0.6) is 5.75 Å². The number of hydrogen-bond acceptors (Lipinski definition) is 4. The summed E-state index contributed by atoms with van der Waals surface area (Å²) in [4.78, 5) is 28.2. The number of allylic oxidation sites excluding steroid dienone is 2. The molecule has 2 fully saturated rings. The number of hydrogen-bond donors (Lipinski definition) is 1. The lowest BCUT2D eigenvalue weighted by Crippen LogP contribution is -2.34. The zero-order valence-corrected chi connectivity index (χ0v) is 20.8. The number of carbonyl (C=O) groups is 2. The second-order valence-corrected chi connectivity index (χ2v) is 10.2. The minimum Gasteiger partial charge on any atom is -0.508 e. The summed E-state index contributed by atoms with van der Waals surface area (Å²) < 4.78 is 6.28. The van der Waals surface area contributed by atoms with Gasteiger partial charge in [-0.1, -0.05) is 53.9 Å². The van der Waals surface area contributed by atoms with Crippen molar-refractivity contribution in [1.82, 2.24) is 0 Å². The summed E-state index contributed by atoms with van der Waals surface area (Å²) >= 11 is 6.26. The van der Waals surface area contributed by atoms with E-state index in [1.165, 1.54) is 21.6 Å². The maximum Gasteiger partial charge on any atom is 0.238 e. The first kappa shape index (κ1) is 23.8. The van der Waals surface area contributed by atoms with Gasteiger partial charge in [0.2, 0.25) is 11.8 Å². The normalized spacial score (nSPS) is 26.4. The number of rotatable bonds is 6. The number of phenols is 1. The monoisotopic (exact) mass is 491 g/mol. The summed E-state index contributed by atoms with van der Waals surface area (Å²) in [5, 5.41) is 10.1. The van der Waals surface area contributed by atoms with Crippen molar-refractivity contribution >= 4 is 35.2 Å². The van der Waals surface area contributed by atoms with Crippen LogP contribution in [0.25, 0.3) is 6.08 Å². The molecular weight excluding hydrogens is 462 g/mol. The predicted molar refractivity (Wildman–Crippen MR) is 137 cm³/mol. The van der Waals surface area contributed by atoms with Gasteiger partial charge in [-0.25, -0.2) is 0 Å². The van der Waals surface area contributed by atoms with Crippen molar-refractivity contribution in [3.63, 3.8) is 0 Å². The van der Waals surface area contributed by atoms with E-state index in [-0.39, 0.29) is 41.4 Å². The Bertz CT molecular complexity index is 1220. The molecule has 5 nitrogen and oxygen atoms in total. The maximum absolute atomic E-state index is 13.5. The van der Waals surface area contributed by atoms with Gasteiger partial charge < -0.3 is 9.84 Å². The summed E-state index contributed by atoms with van der Waals surface area (Å²) in [6.07, 6.45) is 5.14. The number of phenolic OH excluding ortho intramolecular Hbond substituents is 1. The number of benzene rings is 2. The van der Waals surface area contributed by atoms with Crippen LogP contribution in [0.3, 0.4) is 0 Å².